The maximum atomic E-state index is 6.25. The molecule has 1 aromatic heterocycles. The van der Waals surface area contributed by atoms with E-state index >= 15 is 0 Å². The van der Waals surface area contributed by atoms with Crippen LogP contribution >= 0.6 is 0 Å². The lowest BCUT2D eigenvalue weighted by Gasteiger charge is -2.26. The summed E-state index contributed by atoms with van der Waals surface area (Å²) in [6.07, 6.45) is 8.97. The Morgan fingerprint density at radius 1 is 1.12 bits per heavy atom. The van der Waals surface area contributed by atoms with E-state index in [2.05, 4.69) is 25.5 Å². The first kappa shape index (κ1) is 17.2. The normalized spacial score (nSPS) is 20.0. The van der Waals surface area contributed by atoms with Crippen molar-refractivity contribution in [2.45, 2.75) is 44.6 Å². The molecule has 0 atom stereocenters. The summed E-state index contributed by atoms with van der Waals surface area (Å²) in [5.41, 5.74) is 6.88. The van der Waals surface area contributed by atoms with Gasteiger partial charge < -0.3 is 21.1 Å². The van der Waals surface area contributed by atoms with Crippen LogP contribution in [-0.4, -0.2) is 60.3 Å². The number of ether oxygens (including phenoxy) is 1. The van der Waals surface area contributed by atoms with E-state index in [9.17, 15) is 0 Å². The zero-order valence-corrected chi connectivity index (χ0v) is 14.5. The van der Waals surface area contributed by atoms with Crippen molar-refractivity contribution in [3.8, 4) is 0 Å². The molecule has 1 saturated carbocycles. The average molecular weight is 334 g/mol. The minimum atomic E-state index is 0.491. The molecular formula is C17H30N6O. The lowest BCUT2D eigenvalue weighted by molar-refractivity contribution is 0.0378. The molecule has 2 aliphatic rings. The van der Waals surface area contributed by atoms with E-state index < -0.39 is 0 Å². The minimum absolute atomic E-state index is 0.491. The predicted octanol–water partition coefficient (Wildman–Crippen LogP) is 1.94. The van der Waals surface area contributed by atoms with Crippen molar-refractivity contribution in [2.75, 3.05) is 55.8 Å². The largest absolute Gasteiger partial charge is 0.393 e. The Bertz CT molecular complexity index is 500. The van der Waals surface area contributed by atoms with Crippen LogP contribution in [-0.2, 0) is 4.74 Å². The SMILES string of the molecule is Nc1c(NCCCN2CCOCC2)ncnc1NC1CCCCC1. The number of nitrogen functional groups attached to an aromatic ring is 1. The van der Waals surface area contributed by atoms with Gasteiger partial charge in [-0.3, -0.25) is 4.90 Å². The first-order valence-electron chi connectivity index (χ1n) is 9.24. The highest BCUT2D eigenvalue weighted by Crippen LogP contribution is 2.26. The monoisotopic (exact) mass is 334 g/mol. The van der Waals surface area contributed by atoms with Gasteiger partial charge in [0.1, 0.15) is 12.0 Å². The number of hydrogen-bond acceptors (Lipinski definition) is 7. The quantitative estimate of drug-likeness (QED) is 0.657. The Hall–Kier alpha value is -1.60. The Labute approximate surface area is 144 Å². The van der Waals surface area contributed by atoms with Gasteiger partial charge in [0, 0.05) is 25.7 Å². The van der Waals surface area contributed by atoms with Gasteiger partial charge in [-0.1, -0.05) is 19.3 Å². The number of morpholine rings is 1. The van der Waals surface area contributed by atoms with Crippen LogP contribution in [0.2, 0.25) is 0 Å². The summed E-state index contributed by atoms with van der Waals surface area (Å²) < 4.78 is 5.37. The van der Waals surface area contributed by atoms with Crippen molar-refractivity contribution in [1.29, 1.82) is 0 Å². The number of nitrogens with zero attached hydrogens (tertiary/aromatic N) is 3. The third-order valence-corrected chi connectivity index (χ3v) is 4.88. The van der Waals surface area contributed by atoms with Crippen LogP contribution in [0.5, 0.6) is 0 Å². The number of anilines is 3. The fraction of sp³-hybridized carbons (Fsp3) is 0.765. The van der Waals surface area contributed by atoms with Gasteiger partial charge in [0.05, 0.1) is 13.2 Å². The summed E-state index contributed by atoms with van der Waals surface area (Å²) in [5, 5.41) is 6.85. The average Bonchev–Trinajstić information content (AvgIpc) is 2.63. The van der Waals surface area contributed by atoms with E-state index in [0.717, 1.165) is 57.4 Å². The molecule has 7 heteroatoms. The van der Waals surface area contributed by atoms with Crippen LogP contribution in [0.4, 0.5) is 17.3 Å². The van der Waals surface area contributed by atoms with E-state index in [1.165, 1.54) is 32.1 Å². The van der Waals surface area contributed by atoms with Gasteiger partial charge in [0.25, 0.3) is 0 Å². The van der Waals surface area contributed by atoms with Crippen LogP contribution < -0.4 is 16.4 Å². The third-order valence-electron chi connectivity index (χ3n) is 4.88. The van der Waals surface area contributed by atoms with Crippen LogP contribution in [0, 0.1) is 0 Å². The van der Waals surface area contributed by atoms with Gasteiger partial charge >= 0.3 is 0 Å². The van der Waals surface area contributed by atoms with Gasteiger partial charge in [-0.2, -0.15) is 0 Å². The van der Waals surface area contributed by atoms with Crippen molar-refractivity contribution < 1.29 is 4.74 Å². The van der Waals surface area contributed by atoms with E-state index in [4.69, 9.17) is 10.5 Å². The molecule has 2 fully saturated rings. The highest BCUT2D eigenvalue weighted by molar-refractivity contribution is 5.74. The molecule has 0 bridgehead atoms. The molecular weight excluding hydrogens is 304 g/mol. The number of nitrogens with one attached hydrogen (secondary N) is 2. The number of hydrogen-bond donors (Lipinski definition) is 3. The molecule has 1 aliphatic carbocycles. The van der Waals surface area contributed by atoms with E-state index in [0.29, 0.717) is 11.7 Å². The Balaban J connectivity index is 1.45. The summed E-state index contributed by atoms with van der Waals surface area (Å²) in [7, 11) is 0. The van der Waals surface area contributed by atoms with Crippen molar-refractivity contribution in [3.05, 3.63) is 6.33 Å². The Morgan fingerprint density at radius 2 is 1.88 bits per heavy atom. The first-order valence-corrected chi connectivity index (χ1v) is 9.24. The van der Waals surface area contributed by atoms with E-state index in [1.807, 2.05) is 0 Å². The zero-order valence-electron chi connectivity index (χ0n) is 14.5. The second kappa shape index (κ2) is 9.03. The lowest BCUT2D eigenvalue weighted by Crippen LogP contribution is -2.37. The second-order valence-electron chi connectivity index (χ2n) is 6.70. The maximum absolute atomic E-state index is 6.25. The summed E-state index contributed by atoms with van der Waals surface area (Å²) in [5.74, 6) is 1.51. The fourth-order valence-electron chi connectivity index (χ4n) is 3.43. The molecule has 24 heavy (non-hydrogen) atoms. The topological polar surface area (TPSA) is 88.3 Å². The molecule has 0 unspecified atom stereocenters. The third kappa shape index (κ3) is 4.95. The van der Waals surface area contributed by atoms with Crippen molar-refractivity contribution in [1.82, 2.24) is 14.9 Å². The Kier molecular flexibility index (Phi) is 6.48. The molecule has 3 rings (SSSR count). The van der Waals surface area contributed by atoms with Crippen molar-refractivity contribution in [3.63, 3.8) is 0 Å². The smallest absolute Gasteiger partial charge is 0.155 e. The van der Waals surface area contributed by atoms with Gasteiger partial charge in [-0.05, 0) is 25.8 Å². The van der Waals surface area contributed by atoms with Gasteiger partial charge in [-0.25, -0.2) is 9.97 Å². The highest BCUT2D eigenvalue weighted by atomic mass is 16.5. The fourth-order valence-corrected chi connectivity index (χ4v) is 3.43. The molecule has 1 aromatic rings. The van der Waals surface area contributed by atoms with E-state index in [1.54, 1.807) is 6.33 Å². The number of rotatable bonds is 7. The lowest BCUT2D eigenvalue weighted by atomic mass is 9.95. The van der Waals surface area contributed by atoms with Crippen LogP contribution in [0.3, 0.4) is 0 Å². The number of nitrogens with two attached hydrogens (primary N) is 1. The predicted molar refractivity (Wildman–Crippen MR) is 97.3 cm³/mol. The second-order valence-corrected chi connectivity index (χ2v) is 6.70. The van der Waals surface area contributed by atoms with Crippen LogP contribution in [0.25, 0.3) is 0 Å². The van der Waals surface area contributed by atoms with Crippen LogP contribution in [0.1, 0.15) is 38.5 Å². The highest BCUT2D eigenvalue weighted by Gasteiger charge is 2.16. The molecule has 0 aromatic carbocycles. The molecule has 4 N–H and O–H groups in total. The standard InChI is InChI=1S/C17H30N6O/c18-15-16(19-7-4-8-23-9-11-24-12-10-23)20-13-21-17(15)22-14-5-2-1-3-6-14/h13-14H,1-12,18H2,(H2,19,20,21,22). The summed E-state index contributed by atoms with van der Waals surface area (Å²) in [6, 6.07) is 0.491. The van der Waals surface area contributed by atoms with Crippen LogP contribution in [0.15, 0.2) is 6.33 Å². The molecule has 134 valence electrons. The molecule has 0 amide bonds. The maximum Gasteiger partial charge on any atom is 0.155 e. The summed E-state index contributed by atoms with van der Waals surface area (Å²) in [4.78, 5) is 11.1. The van der Waals surface area contributed by atoms with Gasteiger partial charge in [0.15, 0.2) is 11.6 Å². The van der Waals surface area contributed by atoms with Gasteiger partial charge in [0.2, 0.25) is 0 Å². The summed E-state index contributed by atoms with van der Waals surface area (Å²) >= 11 is 0. The molecule has 2 heterocycles. The van der Waals surface area contributed by atoms with Gasteiger partial charge in [-0.15, -0.1) is 0 Å². The minimum Gasteiger partial charge on any atom is -0.393 e. The molecule has 0 radical (unpaired) electrons. The molecule has 7 nitrogen and oxygen atoms in total. The molecule has 1 aliphatic heterocycles. The van der Waals surface area contributed by atoms with Crippen molar-refractivity contribution in [2.24, 2.45) is 0 Å². The first-order chi connectivity index (χ1) is 11.8. The molecule has 1 saturated heterocycles. The number of aromatic nitrogens is 2. The Morgan fingerprint density at radius 3 is 2.67 bits per heavy atom. The summed E-state index contributed by atoms with van der Waals surface area (Å²) in [6.45, 7) is 5.71. The van der Waals surface area contributed by atoms with E-state index in [-0.39, 0.29) is 0 Å². The van der Waals surface area contributed by atoms with Crippen molar-refractivity contribution >= 4 is 17.3 Å². The zero-order chi connectivity index (χ0) is 16.6. The molecule has 0 spiro atoms.